The summed E-state index contributed by atoms with van der Waals surface area (Å²) in [5, 5.41) is 0. The van der Waals surface area contributed by atoms with Crippen LogP contribution in [0, 0.1) is 0 Å². The fraction of sp³-hybridized carbons (Fsp3) is 0.267. The smallest absolute Gasteiger partial charge is 0.240 e. The van der Waals surface area contributed by atoms with E-state index in [2.05, 4.69) is 9.71 Å². The lowest BCUT2D eigenvalue weighted by Gasteiger charge is -2.10. The first-order valence-electron chi connectivity index (χ1n) is 6.78. The lowest BCUT2D eigenvalue weighted by molar-refractivity contribution is 0.580. The Morgan fingerprint density at radius 1 is 1.24 bits per heavy atom. The number of benzene rings is 1. The van der Waals surface area contributed by atoms with Crippen molar-refractivity contribution in [3.63, 3.8) is 0 Å². The Bertz CT molecular complexity index is 714. The van der Waals surface area contributed by atoms with Crippen molar-refractivity contribution < 1.29 is 8.42 Å². The van der Waals surface area contributed by atoms with Gasteiger partial charge < -0.3 is 5.73 Å². The van der Waals surface area contributed by atoms with E-state index in [1.165, 1.54) is 0 Å². The molecule has 6 heteroatoms. The van der Waals surface area contributed by atoms with Crippen LogP contribution in [0.1, 0.15) is 23.7 Å². The number of hydrogen-bond donors (Lipinski definition) is 2. The first kappa shape index (κ1) is 15.6. The second kappa shape index (κ2) is 6.80. The molecule has 0 atom stereocenters. The van der Waals surface area contributed by atoms with Crippen molar-refractivity contribution in [1.29, 1.82) is 0 Å². The van der Waals surface area contributed by atoms with Crippen LogP contribution in [0.3, 0.4) is 0 Å². The molecule has 0 saturated carbocycles. The molecule has 2 aromatic rings. The van der Waals surface area contributed by atoms with Gasteiger partial charge in [0.05, 0.1) is 17.1 Å². The molecule has 0 aliphatic rings. The van der Waals surface area contributed by atoms with Crippen LogP contribution in [-0.4, -0.2) is 13.4 Å². The normalized spacial score (nSPS) is 11.5. The van der Waals surface area contributed by atoms with Crippen molar-refractivity contribution in [2.75, 3.05) is 0 Å². The maximum absolute atomic E-state index is 12.3. The molecule has 1 aromatic heterocycles. The summed E-state index contributed by atoms with van der Waals surface area (Å²) in [6, 6.07) is 10.4. The van der Waals surface area contributed by atoms with Crippen LogP contribution in [0.25, 0.3) is 0 Å². The van der Waals surface area contributed by atoms with E-state index in [-0.39, 0.29) is 11.4 Å². The predicted molar refractivity (Wildman–Crippen MR) is 82.0 cm³/mol. The van der Waals surface area contributed by atoms with E-state index in [9.17, 15) is 8.42 Å². The van der Waals surface area contributed by atoms with E-state index in [0.29, 0.717) is 6.54 Å². The molecule has 0 unspecified atom stereocenters. The van der Waals surface area contributed by atoms with Crippen molar-refractivity contribution in [2.24, 2.45) is 5.73 Å². The molecule has 0 saturated heterocycles. The van der Waals surface area contributed by atoms with Crippen LogP contribution in [-0.2, 0) is 29.5 Å². The fourth-order valence-corrected chi connectivity index (χ4v) is 3.10. The molecule has 0 aliphatic carbocycles. The zero-order valence-corrected chi connectivity index (χ0v) is 12.7. The predicted octanol–water partition coefficient (Wildman–Crippen LogP) is 1.58. The lowest BCUT2D eigenvalue weighted by Crippen LogP contribution is -2.24. The highest BCUT2D eigenvalue weighted by atomic mass is 32.2. The Morgan fingerprint density at radius 3 is 2.76 bits per heavy atom. The molecule has 21 heavy (non-hydrogen) atoms. The number of aryl methyl sites for hydroxylation is 1. The molecule has 3 N–H and O–H groups in total. The first-order valence-corrected chi connectivity index (χ1v) is 8.26. The van der Waals surface area contributed by atoms with Gasteiger partial charge in [-0.3, -0.25) is 4.98 Å². The van der Waals surface area contributed by atoms with Crippen molar-refractivity contribution in [3.8, 4) is 0 Å². The molecule has 1 aromatic carbocycles. The summed E-state index contributed by atoms with van der Waals surface area (Å²) in [6.45, 7) is 2.50. The third-order valence-electron chi connectivity index (χ3n) is 3.24. The number of sulfonamides is 1. The van der Waals surface area contributed by atoms with Gasteiger partial charge in [0.25, 0.3) is 0 Å². The maximum atomic E-state index is 12.3. The van der Waals surface area contributed by atoms with Gasteiger partial charge in [0.1, 0.15) is 0 Å². The molecule has 1 heterocycles. The molecule has 2 rings (SSSR count). The summed E-state index contributed by atoms with van der Waals surface area (Å²) in [5.74, 6) is 0. The Hall–Kier alpha value is -1.76. The van der Waals surface area contributed by atoms with Crippen LogP contribution in [0.2, 0.25) is 0 Å². The highest BCUT2D eigenvalue weighted by molar-refractivity contribution is 7.89. The molecule has 112 valence electrons. The Morgan fingerprint density at radius 2 is 2.05 bits per heavy atom. The Labute approximate surface area is 125 Å². The van der Waals surface area contributed by atoms with E-state index in [1.54, 1.807) is 30.5 Å². The lowest BCUT2D eigenvalue weighted by atomic mass is 10.1. The van der Waals surface area contributed by atoms with Gasteiger partial charge in [-0.1, -0.05) is 25.1 Å². The Balaban J connectivity index is 2.18. The summed E-state index contributed by atoms with van der Waals surface area (Å²) >= 11 is 0. The molecular formula is C15H19N3O2S. The van der Waals surface area contributed by atoms with Gasteiger partial charge in [-0.05, 0) is 35.7 Å². The third-order valence-corrected chi connectivity index (χ3v) is 4.64. The SMILES string of the molecule is CCc1cccnc1CNS(=O)(=O)c1cccc(CN)c1. The van der Waals surface area contributed by atoms with E-state index in [4.69, 9.17) is 5.73 Å². The van der Waals surface area contributed by atoms with Crippen molar-refractivity contribution >= 4 is 10.0 Å². The van der Waals surface area contributed by atoms with Crippen molar-refractivity contribution in [2.45, 2.75) is 31.3 Å². The molecule has 5 nitrogen and oxygen atoms in total. The van der Waals surface area contributed by atoms with Gasteiger partial charge in [-0.15, -0.1) is 0 Å². The minimum absolute atomic E-state index is 0.180. The third kappa shape index (κ3) is 3.87. The number of rotatable bonds is 6. The minimum atomic E-state index is -3.56. The number of pyridine rings is 1. The monoisotopic (exact) mass is 305 g/mol. The van der Waals surface area contributed by atoms with Crippen molar-refractivity contribution in [1.82, 2.24) is 9.71 Å². The van der Waals surface area contributed by atoms with E-state index in [0.717, 1.165) is 23.2 Å². The minimum Gasteiger partial charge on any atom is -0.326 e. The fourth-order valence-electron chi connectivity index (χ4n) is 2.04. The van der Waals surface area contributed by atoms with Gasteiger partial charge in [0, 0.05) is 12.7 Å². The van der Waals surface area contributed by atoms with Gasteiger partial charge in [-0.2, -0.15) is 0 Å². The zero-order chi connectivity index (χ0) is 15.3. The summed E-state index contributed by atoms with van der Waals surface area (Å²) in [5.41, 5.74) is 8.11. The van der Waals surface area contributed by atoms with Gasteiger partial charge in [-0.25, -0.2) is 13.1 Å². The highest BCUT2D eigenvalue weighted by Crippen LogP contribution is 2.12. The average Bonchev–Trinajstić information content (AvgIpc) is 2.53. The summed E-state index contributed by atoms with van der Waals surface area (Å²) < 4.78 is 27.2. The molecule has 0 amide bonds. The number of nitrogens with one attached hydrogen (secondary N) is 1. The molecule has 0 bridgehead atoms. The second-order valence-corrected chi connectivity index (χ2v) is 6.41. The largest absolute Gasteiger partial charge is 0.326 e. The Kier molecular flexibility index (Phi) is 5.06. The van der Waals surface area contributed by atoms with Crippen LogP contribution < -0.4 is 10.5 Å². The molecular weight excluding hydrogens is 286 g/mol. The first-order chi connectivity index (χ1) is 10.1. The standard InChI is InChI=1S/C15H19N3O2S/c1-2-13-6-4-8-17-15(13)11-18-21(19,20)14-7-3-5-12(9-14)10-16/h3-9,18H,2,10-11,16H2,1H3. The van der Waals surface area contributed by atoms with E-state index >= 15 is 0 Å². The van der Waals surface area contributed by atoms with Gasteiger partial charge in [0.15, 0.2) is 0 Å². The highest BCUT2D eigenvalue weighted by Gasteiger charge is 2.15. The zero-order valence-electron chi connectivity index (χ0n) is 11.9. The molecule has 0 radical (unpaired) electrons. The van der Waals surface area contributed by atoms with Crippen molar-refractivity contribution in [3.05, 3.63) is 59.4 Å². The topological polar surface area (TPSA) is 85.1 Å². The van der Waals surface area contributed by atoms with E-state index < -0.39 is 10.0 Å². The molecule has 0 fully saturated rings. The quantitative estimate of drug-likeness (QED) is 0.848. The van der Waals surface area contributed by atoms with Crippen LogP contribution >= 0.6 is 0 Å². The van der Waals surface area contributed by atoms with Crippen LogP contribution in [0.4, 0.5) is 0 Å². The maximum Gasteiger partial charge on any atom is 0.240 e. The van der Waals surface area contributed by atoms with Gasteiger partial charge >= 0.3 is 0 Å². The van der Waals surface area contributed by atoms with Crippen LogP contribution in [0.15, 0.2) is 47.5 Å². The van der Waals surface area contributed by atoms with Gasteiger partial charge in [0.2, 0.25) is 10.0 Å². The number of hydrogen-bond acceptors (Lipinski definition) is 4. The molecule has 0 spiro atoms. The second-order valence-electron chi connectivity index (χ2n) is 4.64. The molecule has 0 aliphatic heterocycles. The summed E-state index contributed by atoms with van der Waals surface area (Å²) in [6.07, 6.45) is 2.48. The number of nitrogens with two attached hydrogens (primary N) is 1. The summed E-state index contributed by atoms with van der Waals surface area (Å²) in [4.78, 5) is 4.45. The summed E-state index contributed by atoms with van der Waals surface area (Å²) in [7, 11) is -3.56. The van der Waals surface area contributed by atoms with E-state index in [1.807, 2.05) is 19.1 Å². The average molecular weight is 305 g/mol. The number of nitrogens with zero attached hydrogens (tertiary/aromatic N) is 1. The van der Waals surface area contributed by atoms with Crippen LogP contribution in [0.5, 0.6) is 0 Å². The number of aromatic nitrogens is 1.